The molecule has 3 rings (SSSR count). The molecule has 1 heterocycles. The Kier molecular flexibility index (Phi) is 4.43. The first-order chi connectivity index (χ1) is 10.6. The summed E-state index contributed by atoms with van der Waals surface area (Å²) in [6.45, 7) is 0. The fourth-order valence-corrected chi connectivity index (χ4v) is 2.83. The van der Waals surface area contributed by atoms with Crippen molar-refractivity contribution in [2.45, 2.75) is 6.10 Å². The van der Waals surface area contributed by atoms with Gasteiger partial charge in [-0.05, 0) is 42.0 Å². The SMILES string of the molecule is O[C@@H](CBr)c1cc(-c2ccc(Cl)cc2)nc2ccc(F)cc12. The van der Waals surface area contributed by atoms with E-state index in [4.69, 9.17) is 11.6 Å². The lowest BCUT2D eigenvalue weighted by atomic mass is 10.0. The lowest BCUT2D eigenvalue weighted by Crippen LogP contribution is -2.02. The van der Waals surface area contributed by atoms with Crippen LogP contribution in [0, 0.1) is 5.82 Å². The second-order valence-electron chi connectivity index (χ2n) is 4.94. The largest absolute Gasteiger partial charge is 0.388 e. The molecule has 22 heavy (non-hydrogen) atoms. The first-order valence-electron chi connectivity index (χ1n) is 6.68. The van der Waals surface area contributed by atoms with E-state index in [1.807, 2.05) is 12.1 Å². The number of aliphatic hydroxyl groups excluding tert-OH is 1. The van der Waals surface area contributed by atoms with Gasteiger partial charge in [-0.25, -0.2) is 9.37 Å². The Morgan fingerprint density at radius 2 is 1.86 bits per heavy atom. The number of halogens is 3. The molecule has 0 saturated heterocycles. The molecule has 0 aliphatic rings. The molecule has 2 aromatic carbocycles. The molecule has 0 amide bonds. The Hall–Kier alpha value is -1.49. The molecular weight excluding hydrogens is 369 g/mol. The lowest BCUT2D eigenvalue weighted by molar-refractivity contribution is 0.207. The summed E-state index contributed by atoms with van der Waals surface area (Å²) in [5, 5.41) is 11.8. The molecule has 2 nitrogen and oxygen atoms in total. The average molecular weight is 381 g/mol. The Labute approximate surface area is 140 Å². The van der Waals surface area contributed by atoms with E-state index in [1.165, 1.54) is 12.1 Å². The van der Waals surface area contributed by atoms with Crippen LogP contribution in [0.4, 0.5) is 4.39 Å². The lowest BCUT2D eigenvalue weighted by Gasteiger charge is -2.13. The van der Waals surface area contributed by atoms with Gasteiger partial charge in [-0.1, -0.05) is 39.7 Å². The number of nitrogens with zero attached hydrogens (tertiary/aromatic N) is 1. The maximum atomic E-state index is 13.5. The predicted octanol–water partition coefficient (Wildman–Crippen LogP) is 5.12. The van der Waals surface area contributed by atoms with E-state index in [0.29, 0.717) is 32.5 Å². The highest BCUT2D eigenvalue weighted by atomic mass is 79.9. The third-order valence-electron chi connectivity index (χ3n) is 3.45. The Balaban J connectivity index is 2.24. The van der Waals surface area contributed by atoms with Crippen LogP contribution in [0.25, 0.3) is 22.2 Å². The first-order valence-corrected chi connectivity index (χ1v) is 8.18. The van der Waals surface area contributed by atoms with E-state index in [0.717, 1.165) is 5.56 Å². The monoisotopic (exact) mass is 379 g/mol. The maximum absolute atomic E-state index is 13.5. The van der Waals surface area contributed by atoms with Crippen LogP contribution in [0.3, 0.4) is 0 Å². The Morgan fingerprint density at radius 3 is 2.55 bits per heavy atom. The van der Waals surface area contributed by atoms with E-state index >= 15 is 0 Å². The van der Waals surface area contributed by atoms with Crippen LogP contribution < -0.4 is 0 Å². The summed E-state index contributed by atoms with van der Waals surface area (Å²) >= 11 is 9.17. The summed E-state index contributed by atoms with van der Waals surface area (Å²) in [6, 6.07) is 13.5. The summed E-state index contributed by atoms with van der Waals surface area (Å²) in [4.78, 5) is 4.56. The van der Waals surface area contributed by atoms with Crippen LogP contribution in [0.2, 0.25) is 5.02 Å². The van der Waals surface area contributed by atoms with Crippen LogP contribution in [-0.4, -0.2) is 15.4 Å². The van der Waals surface area contributed by atoms with Gasteiger partial charge in [0.15, 0.2) is 0 Å². The van der Waals surface area contributed by atoms with Crippen molar-refractivity contribution in [3.05, 3.63) is 64.9 Å². The highest BCUT2D eigenvalue weighted by molar-refractivity contribution is 9.09. The second-order valence-corrected chi connectivity index (χ2v) is 6.02. The van der Waals surface area contributed by atoms with Crippen LogP contribution in [0.1, 0.15) is 11.7 Å². The molecule has 0 aliphatic carbocycles. The number of benzene rings is 2. The molecule has 0 saturated carbocycles. The standard InChI is InChI=1S/C17H12BrClFNO/c18-9-17(22)14-8-16(10-1-3-11(19)4-2-10)21-15-6-5-12(20)7-13(14)15/h1-8,17,22H,9H2/t17-/m0/s1. The van der Waals surface area contributed by atoms with Crippen LogP contribution >= 0.6 is 27.5 Å². The molecule has 0 aliphatic heterocycles. The van der Waals surface area contributed by atoms with Gasteiger partial charge in [0.05, 0.1) is 17.3 Å². The van der Waals surface area contributed by atoms with Gasteiger partial charge in [0.25, 0.3) is 0 Å². The summed E-state index contributed by atoms with van der Waals surface area (Å²) in [7, 11) is 0. The highest BCUT2D eigenvalue weighted by Crippen LogP contribution is 2.30. The molecule has 3 aromatic rings. The Morgan fingerprint density at radius 1 is 1.14 bits per heavy atom. The fraction of sp³-hybridized carbons (Fsp3) is 0.118. The molecule has 1 aromatic heterocycles. The smallest absolute Gasteiger partial charge is 0.123 e. The zero-order valence-electron chi connectivity index (χ0n) is 11.4. The number of aliphatic hydroxyl groups is 1. The predicted molar refractivity (Wildman–Crippen MR) is 90.9 cm³/mol. The minimum atomic E-state index is -0.738. The number of alkyl halides is 1. The number of rotatable bonds is 3. The van der Waals surface area contributed by atoms with Crippen molar-refractivity contribution in [3.8, 4) is 11.3 Å². The second kappa shape index (κ2) is 6.32. The summed E-state index contributed by atoms with van der Waals surface area (Å²) in [5.74, 6) is -0.350. The normalized spacial score (nSPS) is 12.5. The summed E-state index contributed by atoms with van der Waals surface area (Å²) < 4.78 is 13.5. The topological polar surface area (TPSA) is 33.1 Å². The third kappa shape index (κ3) is 3.00. The zero-order valence-corrected chi connectivity index (χ0v) is 13.8. The van der Waals surface area contributed by atoms with Crippen LogP contribution in [0.15, 0.2) is 48.5 Å². The molecule has 112 valence electrons. The van der Waals surface area contributed by atoms with Crippen molar-refractivity contribution in [2.24, 2.45) is 0 Å². The van der Waals surface area contributed by atoms with Gasteiger partial charge in [0.2, 0.25) is 0 Å². The van der Waals surface area contributed by atoms with Crippen molar-refractivity contribution in [1.29, 1.82) is 0 Å². The van der Waals surface area contributed by atoms with Crippen molar-refractivity contribution in [1.82, 2.24) is 4.98 Å². The van der Waals surface area contributed by atoms with E-state index in [-0.39, 0.29) is 5.82 Å². The van der Waals surface area contributed by atoms with Crippen LogP contribution in [-0.2, 0) is 0 Å². The molecule has 0 spiro atoms. The fourth-order valence-electron chi connectivity index (χ4n) is 2.35. The van der Waals surface area contributed by atoms with Gasteiger partial charge in [0, 0.05) is 21.3 Å². The minimum Gasteiger partial charge on any atom is -0.388 e. The number of hydrogen-bond donors (Lipinski definition) is 1. The minimum absolute atomic E-state index is 0.350. The number of hydrogen-bond acceptors (Lipinski definition) is 2. The Bertz CT molecular complexity index is 823. The van der Waals surface area contributed by atoms with Gasteiger partial charge in [0.1, 0.15) is 5.82 Å². The van der Waals surface area contributed by atoms with Gasteiger partial charge in [-0.15, -0.1) is 0 Å². The molecule has 5 heteroatoms. The zero-order chi connectivity index (χ0) is 15.7. The molecule has 0 unspecified atom stereocenters. The van der Waals surface area contributed by atoms with E-state index < -0.39 is 6.10 Å². The molecular formula is C17H12BrClFNO. The van der Waals surface area contributed by atoms with Crippen molar-refractivity contribution >= 4 is 38.4 Å². The van der Waals surface area contributed by atoms with Crippen molar-refractivity contribution in [3.63, 3.8) is 0 Å². The molecule has 0 radical (unpaired) electrons. The highest BCUT2D eigenvalue weighted by Gasteiger charge is 2.14. The van der Waals surface area contributed by atoms with Crippen molar-refractivity contribution in [2.75, 3.05) is 5.33 Å². The summed E-state index contributed by atoms with van der Waals surface area (Å²) in [5.41, 5.74) is 2.89. The summed E-state index contributed by atoms with van der Waals surface area (Å²) in [6.07, 6.45) is -0.738. The number of aromatic nitrogens is 1. The third-order valence-corrected chi connectivity index (χ3v) is 4.31. The van der Waals surface area contributed by atoms with E-state index in [9.17, 15) is 9.50 Å². The van der Waals surface area contributed by atoms with Gasteiger partial charge in [-0.2, -0.15) is 0 Å². The van der Waals surface area contributed by atoms with Gasteiger partial charge in [-0.3, -0.25) is 0 Å². The molecule has 1 atom stereocenters. The quantitative estimate of drug-likeness (QED) is 0.640. The maximum Gasteiger partial charge on any atom is 0.123 e. The number of pyridine rings is 1. The van der Waals surface area contributed by atoms with Crippen LogP contribution in [0.5, 0.6) is 0 Å². The average Bonchev–Trinajstić information content (AvgIpc) is 2.54. The van der Waals surface area contributed by atoms with Gasteiger partial charge < -0.3 is 5.11 Å². The molecule has 1 N–H and O–H groups in total. The van der Waals surface area contributed by atoms with Gasteiger partial charge >= 0.3 is 0 Å². The molecule has 0 fully saturated rings. The molecule has 0 bridgehead atoms. The van der Waals surface area contributed by atoms with E-state index in [1.54, 1.807) is 24.3 Å². The number of fused-ring (bicyclic) bond motifs is 1. The first kappa shape index (κ1) is 15.4. The van der Waals surface area contributed by atoms with E-state index in [2.05, 4.69) is 20.9 Å². The van der Waals surface area contributed by atoms with Crippen molar-refractivity contribution < 1.29 is 9.50 Å².